The molecule has 0 unspecified atom stereocenters. The Balaban J connectivity index is 0.00000151. The number of piperazine rings is 1. The number of hydrogen-bond donors (Lipinski definition) is 1. The summed E-state index contributed by atoms with van der Waals surface area (Å²) in [5.74, 6) is -1.05. The molecule has 1 N–H and O–H groups in total. The number of ether oxygens (including phenoxy) is 1. The van der Waals surface area contributed by atoms with E-state index in [4.69, 9.17) is 21.4 Å². The second kappa shape index (κ2) is 8.94. The third kappa shape index (κ3) is 6.12. The largest absolute Gasteiger partial charge is 0.478 e. The van der Waals surface area contributed by atoms with Gasteiger partial charge in [-0.05, 0) is 39.0 Å². The molecule has 0 spiro atoms. The van der Waals surface area contributed by atoms with Gasteiger partial charge in [0, 0.05) is 31.9 Å². The summed E-state index contributed by atoms with van der Waals surface area (Å²) in [5, 5.41) is 9.36. The molecule has 1 aromatic carbocycles. The van der Waals surface area contributed by atoms with Crippen molar-refractivity contribution in [2.75, 3.05) is 31.1 Å². The van der Waals surface area contributed by atoms with Gasteiger partial charge in [0.1, 0.15) is 5.60 Å². The molecule has 6 nitrogen and oxygen atoms in total. The van der Waals surface area contributed by atoms with Crippen molar-refractivity contribution >= 4 is 29.4 Å². The number of hydrogen-bond acceptors (Lipinski definition) is 4. The lowest BCUT2D eigenvalue weighted by atomic mass is 10.1. The zero-order valence-electron chi connectivity index (χ0n) is 15.5. The number of carboxylic acid groups (broad SMARTS) is 1. The summed E-state index contributed by atoms with van der Waals surface area (Å²) in [4.78, 5) is 26.9. The van der Waals surface area contributed by atoms with Crippen LogP contribution in [0.3, 0.4) is 0 Å². The average Bonchev–Trinajstić information content (AvgIpc) is 2.55. The second-order valence-electron chi connectivity index (χ2n) is 6.42. The Kier molecular flexibility index (Phi) is 7.55. The smallest absolute Gasteiger partial charge is 0.410 e. The lowest BCUT2D eigenvalue weighted by Gasteiger charge is -2.36. The number of halogens is 1. The summed E-state index contributed by atoms with van der Waals surface area (Å²) in [6.07, 6.45) is -0.320. The van der Waals surface area contributed by atoms with Gasteiger partial charge in [0.05, 0.1) is 10.6 Å². The first-order chi connectivity index (χ1) is 11.7. The molecule has 0 bridgehead atoms. The fourth-order valence-electron chi connectivity index (χ4n) is 2.35. The standard InChI is InChI=1S/C16H21ClN2O4.C2H6/c1-16(2,3)23-15(22)19-8-6-18(7-9-19)11-4-5-13(17)12(10-11)14(20)21;1-2/h4-5,10H,6-9H2,1-3H3,(H,20,21);1-2H3. The molecule has 0 aliphatic carbocycles. The van der Waals surface area contributed by atoms with Crippen molar-refractivity contribution in [2.24, 2.45) is 0 Å². The highest BCUT2D eigenvalue weighted by atomic mass is 35.5. The normalized spacial score (nSPS) is 14.5. The van der Waals surface area contributed by atoms with Crippen LogP contribution in [0.4, 0.5) is 10.5 Å². The molecular formula is C18H27ClN2O4. The van der Waals surface area contributed by atoms with E-state index >= 15 is 0 Å². The van der Waals surface area contributed by atoms with Crippen molar-refractivity contribution in [3.05, 3.63) is 28.8 Å². The van der Waals surface area contributed by atoms with Crippen molar-refractivity contribution in [3.63, 3.8) is 0 Å². The van der Waals surface area contributed by atoms with Crippen LogP contribution in [0.5, 0.6) is 0 Å². The SMILES string of the molecule is CC.CC(C)(C)OC(=O)N1CCN(c2ccc(Cl)c(C(=O)O)c2)CC1. The zero-order chi connectivity index (χ0) is 19.2. The van der Waals surface area contributed by atoms with E-state index in [1.54, 1.807) is 23.1 Å². The van der Waals surface area contributed by atoms with Crippen LogP contribution in [0.1, 0.15) is 45.0 Å². The molecule has 0 aromatic heterocycles. The van der Waals surface area contributed by atoms with E-state index in [-0.39, 0.29) is 16.7 Å². The minimum atomic E-state index is -1.05. The van der Waals surface area contributed by atoms with Crippen molar-refractivity contribution in [1.82, 2.24) is 4.90 Å². The van der Waals surface area contributed by atoms with Gasteiger partial charge in [-0.3, -0.25) is 0 Å². The van der Waals surface area contributed by atoms with Crippen molar-refractivity contribution in [1.29, 1.82) is 0 Å². The quantitative estimate of drug-likeness (QED) is 0.847. The lowest BCUT2D eigenvalue weighted by Crippen LogP contribution is -2.50. The summed E-state index contributed by atoms with van der Waals surface area (Å²) >= 11 is 5.89. The number of carbonyl (C=O) groups is 2. The second-order valence-corrected chi connectivity index (χ2v) is 6.83. The molecule has 25 heavy (non-hydrogen) atoms. The van der Waals surface area contributed by atoms with Gasteiger partial charge in [0.25, 0.3) is 0 Å². The van der Waals surface area contributed by atoms with Crippen LogP contribution in [0.2, 0.25) is 5.02 Å². The van der Waals surface area contributed by atoms with Gasteiger partial charge in [-0.25, -0.2) is 9.59 Å². The highest BCUT2D eigenvalue weighted by Gasteiger charge is 2.26. The Morgan fingerprint density at radius 3 is 2.16 bits per heavy atom. The van der Waals surface area contributed by atoms with Crippen LogP contribution in [0.15, 0.2) is 18.2 Å². The minimum Gasteiger partial charge on any atom is -0.478 e. The van der Waals surface area contributed by atoms with Crippen LogP contribution < -0.4 is 4.90 Å². The maximum Gasteiger partial charge on any atom is 0.410 e. The van der Waals surface area contributed by atoms with E-state index in [2.05, 4.69) is 0 Å². The number of amides is 1. The van der Waals surface area contributed by atoms with Crippen LogP contribution >= 0.6 is 11.6 Å². The van der Waals surface area contributed by atoms with E-state index < -0.39 is 11.6 Å². The molecule has 1 aliphatic heterocycles. The lowest BCUT2D eigenvalue weighted by molar-refractivity contribution is 0.0240. The number of nitrogens with zero attached hydrogens (tertiary/aromatic N) is 2. The Bertz CT molecular complexity index is 606. The molecule has 1 aromatic rings. The number of carboxylic acids is 1. The number of benzene rings is 1. The van der Waals surface area contributed by atoms with E-state index in [1.807, 2.05) is 39.5 Å². The fourth-order valence-corrected chi connectivity index (χ4v) is 2.55. The van der Waals surface area contributed by atoms with Crippen molar-refractivity contribution < 1.29 is 19.4 Å². The molecule has 2 rings (SSSR count). The van der Waals surface area contributed by atoms with E-state index in [0.717, 1.165) is 5.69 Å². The molecule has 0 atom stereocenters. The summed E-state index contributed by atoms with van der Waals surface area (Å²) < 4.78 is 5.36. The van der Waals surface area contributed by atoms with Crippen LogP contribution in [-0.2, 0) is 4.74 Å². The predicted molar refractivity (Wildman–Crippen MR) is 99.8 cm³/mol. The maximum absolute atomic E-state index is 12.0. The van der Waals surface area contributed by atoms with Gasteiger partial charge >= 0.3 is 12.1 Å². The Labute approximate surface area is 154 Å². The highest BCUT2D eigenvalue weighted by Crippen LogP contribution is 2.24. The first kappa shape index (κ1) is 21.1. The van der Waals surface area contributed by atoms with E-state index in [1.165, 1.54) is 0 Å². The summed E-state index contributed by atoms with van der Waals surface area (Å²) in [6.45, 7) is 11.8. The van der Waals surface area contributed by atoms with Crippen molar-refractivity contribution in [3.8, 4) is 0 Å². The Hall–Kier alpha value is -1.95. The summed E-state index contributed by atoms with van der Waals surface area (Å²) in [6, 6.07) is 4.94. The van der Waals surface area contributed by atoms with Gasteiger partial charge in [-0.15, -0.1) is 0 Å². The summed E-state index contributed by atoms with van der Waals surface area (Å²) in [7, 11) is 0. The molecule has 1 heterocycles. The molecule has 1 fully saturated rings. The molecule has 1 saturated heterocycles. The third-order valence-corrected chi connectivity index (χ3v) is 3.81. The molecule has 7 heteroatoms. The Morgan fingerprint density at radius 2 is 1.68 bits per heavy atom. The first-order valence-corrected chi connectivity index (χ1v) is 8.81. The van der Waals surface area contributed by atoms with Crippen molar-refractivity contribution in [2.45, 2.75) is 40.2 Å². The molecule has 1 aliphatic rings. The molecule has 0 saturated carbocycles. The van der Waals surface area contributed by atoms with E-state index in [0.29, 0.717) is 26.2 Å². The highest BCUT2D eigenvalue weighted by molar-refractivity contribution is 6.33. The van der Waals surface area contributed by atoms with Gasteiger partial charge in [0.2, 0.25) is 0 Å². The van der Waals surface area contributed by atoms with Crippen LogP contribution in [-0.4, -0.2) is 53.8 Å². The van der Waals surface area contributed by atoms with Gasteiger partial charge in [0.15, 0.2) is 0 Å². The number of aromatic carboxylic acids is 1. The van der Waals surface area contributed by atoms with Crippen LogP contribution in [0, 0.1) is 0 Å². The van der Waals surface area contributed by atoms with E-state index in [9.17, 15) is 9.59 Å². The molecule has 1 amide bonds. The fraction of sp³-hybridized carbons (Fsp3) is 0.556. The third-order valence-electron chi connectivity index (χ3n) is 3.48. The van der Waals surface area contributed by atoms with Crippen LogP contribution in [0.25, 0.3) is 0 Å². The maximum atomic E-state index is 12.0. The number of rotatable bonds is 2. The predicted octanol–water partition coefficient (Wildman–Crippen LogP) is 4.12. The average molecular weight is 371 g/mol. The number of carbonyl (C=O) groups excluding carboxylic acids is 1. The minimum absolute atomic E-state index is 0.0822. The first-order valence-electron chi connectivity index (χ1n) is 8.43. The summed E-state index contributed by atoms with van der Waals surface area (Å²) in [5.41, 5.74) is 0.357. The molecule has 0 radical (unpaired) electrons. The molecular weight excluding hydrogens is 344 g/mol. The molecule has 140 valence electrons. The van der Waals surface area contributed by atoms with Gasteiger partial charge in [-0.1, -0.05) is 25.4 Å². The topological polar surface area (TPSA) is 70.1 Å². The Morgan fingerprint density at radius 1 is 1.12 bits per heavy atom. The van der Waals surface area contributed by atoms with Gasteiger partial charge in [-0.2, -0.15) is 0 Å². The zero-order valence-corrected chi connectivity index (χ0v) is 16.3. The number of anilines is 1. The monoisotopic (exact) mass is 370 g/mol. The van der Waals surface area contributed by atoms with Gasteiger partial charge < -0.3 is 19.6 Å².